The van der Waals surface area contributed by atoms with Gasteiger partial charge in [-0.2, -0.15) is 0 Å². The topological polar surface area (TPSA) is 91.6 Å². The van der Waals surface area contributed by atoms with Crippen molar-refractivity contribution in [2.75, 3.05) is 11.4 Å². The summed E-state index contributed by atoms with van der Waals surface area (Å²) in [5, 5.41) is 21.2. The summed E-state index contributed by atoms with van der Waals surface area (Å²) in [5.74, 6) is -0.755. The molecular formula is C28H32N2O5S. The van der Waals surface area contributed by atoms with Crippen LogP contribution >= 0.6 is 12.0 Å². The Morgan fingerprint density at radius 2 is 1.83 bits per heavy atom. The number of unbranched alkanes of at least 4 members (excludes halogenated alkanes) is 2. The fourth-order valence-corrected chi connectivity index (χ4v) is 4.59. The summed E-state index contributed by atoms with van der Waals surface area (Å²) in [6, 6.07) is 15.8. The number of nitrogens with zero attached hydrogens (tertiary/aromatic N) is 2. The van der Waals surface area contributed by atoms with Gasteiger partial charge >= 0.3 is 5.97 Å². The van der Waals surface area contributed by atoms with Gasteiger partial charge in [-0.15, -0.1) is 4.33 Å². The molecule has 0 fully saturated rings. The highest BCUT2D eigenvalue weighted by Crippen LogP contribution is 2.49. The van der Waals surface area contributed by atoms with Crippen LogP contribution in [0.5, 0.6) is 0 Å². The highest BCUT2D eigenvalue weighted by Gasteiger charge is 2.39. The van der Waals surface area contributed by atoms with Crippen molar-refractivity contribution in [1.82, 2.24) is 0 Å². The van der Waals surface area contributed by atoms with Gasteiger partial charge in [-0.1, -0.05) is 61.7 Å². The van der Waals surface area contributed by atoms with E-state index < -0.39 is 5.97 Å². The molecule has 7 nitrogen and oxygen atoms in total. The van der Waals surface area contributed by atoms with E-state index in [4.69, 9.17) is 10.4 Å². The molecule has 1 aliphatic rings. The maximum absolute atomic E-state index is 10.8. The first-order valence-electron chi connectivity index (χ1n) is 11.9. The number of para-hydroxylation sites is 1. The summed E-state index contributed by atoms with van der Waals surface area (Å²) in [7, 11) is 0. The molecule has 0 bridgehead atoms. The lowest BCUT2D eigenvalue weighted by molar-refractivity contribution is -0.432. The number of benzene rings is 2. The zero-order valence-corrected chi connectivity index (χ0v) is 21.4. The van der Waals surface area contributed by atoms with Crippen LogP contribution in [0.25, 0.3) is 0 Å². The third-order valence-corrected chi connectivity index (χ3v) is 6.52. The zero-order valence-electron chi connectivity index (χ0n) is 20.5. The van der Waals surface area contributed by atoms with Crippen LogP contribution in [0.2, 0.25) is 0 Å². The van der Waals surface area contributed by atoms with E-state index in [9.17, 15) is 4.79 Å². The largest absolute Gasteiger partial charge is 0.481 e. The van der Waals surface area contributed by atoms with Crippen LogP contribution < -0.4 is 4.90 Å². The minimum Gasteiger partial charge on any atom is -0.481 e. The normalized spacial score (nSPS) is 16.1. The number of rotatable bonds is 13. The summed E-state index contributed by atoms with van der Waals surface area (Å²) in [6.07, 6.45) is 14.3. The fraction of sp³-hybridized carbons (Fsp3) is 0.286. The molecule has 190 valence electrons. The lowest BCUT2D eigenvalue weighted by atomic mass is 9.83. The third kappa shape index (κ3) is 7.66. The molecule has 0 aromatic heterocycles. The number of hydrogen-bond donors (Lipinski definition) is 2. The van der Waals surface area contributed by atoms with E-state index in [-0.39, 0.29) is 11.8 Å². The number of hydrogen-bond acceptors (Lipinski definition) is 7. The van der Waals surface area contributed by atoms with Crippen LogP contribution in [0.4, 0.5) is 11.4 Å². The molecule has 36 heavy (non-hydrogen) atoms. The number of anilines is 1. The van der Waals surface area contributed by atoms with E-state index in [0.29, 0.717) is 6.42 Å². The fourth-order valence-electron chi connectivity index (χ4n) is 4.19. The lowest BCUT2D eigenvalue weighted by Crippen LogP contribution is -2.27. The van der Waals surface area contributed by atoms with Gasteiger partial charge in [-0.3, -0.25) is 9.79 Å². The molecule has 0 spiro atoms. The van der Waals surface area contributed by atoms with E-state index in [2.05, 4.69) is 39.2 Å². The number of aliphatic carboxylic acids is 1. The van der Waals surface area contributed by atoms with Crippen molar-refractivity contribution in [2.45, 2.75) is 49.8 Å². The maximum Gasteiger partial charge on any atom is 0.303 e. The Hall–Kier alpha value is -3.17. The molecule has 1 aliphatic heterocycles. The number of carbonyl (C=O) groups is 1. The predicted octanol–water partition coefficient (Wildman–Crippen LogP) is 7.26. The van der Waals surface area contributed by atoms with Crippen molar-refractivity contribution in [1.29, 1.82) is 0 Å². The van der Waals surface area contributed by atoms with Gasteiger partial charge in [0.15, 0.2) is 0 Å². The Kier molecular flexibility index (Phi) is 10.5. The standard InChI is InChI=1S/C28H32N2O5S/c1-28(2)24-21-23(36-35-34-33)17-18-25(24)30(20-12-6-10-16-27(31)32)26(28)15-9-3-4-11-19-29-22-13-7-5-8-14-22/h3-5,7-9,11,13-15,17-19,21,33H,6,10,12,16,20H2,1-2H3,(H,31,32)/b9-3+,11-4+,26-15+,29-19?. The van der Waals surface area contributed by atoms with Crippen LogP contribution in [-0.4, -0.2) is 29.1 Å². The number of carboxylic acids is 1. The number of aliphatic imine (C=N–C) groups is 1. The summed E-state index contributed by atoms with van der Waals surface area (Å²) >= 11 is 0.943. The number of carboxylic acid groups (broad SMARTS) is 1. The first-order valence-corrected chi connectivity index (χ1v) is 12.6. The van der Waals surface area contributed by atoms with Crippen molar-refractivity contribution in [3.63, 3.8) is 0 Å². The van der Waals surface area contributed by atoms with Crippen LogP contribution in [0.1, 0.15) is 45.1 Å². The van der Waals surface area contributed by atoms with Crippen molar-refractivity contribution in [3.8, 4) is 0 Å². The smallest absolute Gasteiger partial charge is 0.303 e. The van der Waals surface area contributed by atoms with E-state index in [1.165, 1.54) is 0 Å². The Labute approximate surface area is 216 Å². The highest BCUT2D eigenvalue weighted by atomic mass is 32.2. The summed E-state index contributed by atoms with van der Waals surface area (Å²) in [5.41, 5.74) is 4.05. The summed E-state index contributed by atoms with van der Waals surface area (Å²) < 4.78 is 4.62. The average Bonchev–Trinajstić information content (AvgIpc) is 3.08. The maximum atomic E-state index is 10.8. The molecule has 2 N–H and O–H groups in total. The summed E-state index contributed by atoms with van der Waals surface area (Å²) in [4.78, 5) is 18.3. The van der Waals surface area contributed by atoms with Crippen molar-refractivity contribution in [2.24, 2.45) is 4.99 Å². The Bertz CT molecular complexity index is 1130. The predicted molar refractivity (Wildman–Crippen MR) is 145 cm³/mol. The van der Waals surface area contributed by atoms with Gasteiger partial charge in [0.25, 0.3) is 0 Å². The molecule has 3 rings (SSSR count). The Morgan fingerprint density at radius 1 is 1.06 bits per heavy atom. The Morgan fingerprint density at radius 3 is 2.58 bits per heavy atom. The molecule has 0 atom stereocenters. The van der Waals surface area contributed by atoms with Crippen molar-refractivity contribution in [3.05, 3.63) is 90.2 Å². The molecule has 8 heteroatoms. The van der Waals surface area contributed by atoms with Crippen molar-refractivity contribution < 1.29 is 24.5 Å². The first-order chi connectivity index (χ1) is 17.4. The molecule has 0 saturated carbocycles. The molecule has 2 aromatic carbocycles. The van der Waals surface area contributed by atoms with Gasteiger partial charge < -0.3 is 10.0 Å². The molecule has 0 saturated heterocycles. The monoisotopic (exact) mass is 508 g/mol. The molecule has 0 radical (unpaired) electrons. The second-order valence-electron chi connectivity index (χ2n) is 8.82. The van der Waals surface area contributed by atoms with Crippen LogP contribution in [0, 0.1) is 0 Å². The minimum atomic E-state index is -0.755. The molecule has 2 aromatic rings. The van der Waals surface area contributed by atoms with E-state index >= 15 is 0 Å². The lowest BCUT2D eigenvalue weighted by Gasteiger charge is -2.27. The second kappa shape index (κ2) is 13.8. The Balaban J connectivity index is 1.75. The highest BCUT2D eigenvalue weighted by molar-refractivity contribution is 7.94. The average molecular weight is 509 g/mol. The van der Waals surface area contributed by atoms with Gasteiger partial charge in [0.2, 0.25) is 0 Å². The SMILES string of the molecule is CC1(C)\C(=C/C=C/C=C/C=Nc2ccccc2)N(CCCCCC(=O)O)c2ccc(SOOO)cc21. The van der Waals surface area contributed by atoms with Crippen LogP contribution in [0.15, 0.2) is 94.5 Å². The van der Waals surface area contributed by atoms with Gasteiger partial charge in [0.05, 0.1) is 17.7 Å². The molecule has 0 amide bonds. The first kappa shape index (κ1) is 27.4. The quantitative estimate of drug-likeness (QED) is 0.0735. The van der Waals surface area contributed by atoms with E-state index in [0.717, 1.165) is 59.0 Å². The van der Waals surface area contributed by atoms with Gasteiger partial charge in [-0.05, 0) is 60.9 Å². The van der Waals surface area contributed by atoms with E-state index in [1.807, 2.05) is 72.8 Å². The molecule has 1 heterocycles. The number of allylic oxidation sites excluding steroid dienone is 6. The molecular weight excluding hydrogens is 476 g/mol. The van der Waals surface area contributed by atoms with Crippen LogP contribution in [-0.2, 0) is 19.6 Å². The van der Waals surface area contributed by atoms with Crippen LogP contribution in [0.3, 0.4) is 0 Å². The molecule has 0 unspecified atom stereocenters. The summed E-state index contributed by atoms with van der Waals surface area (Å²) in [6.45, 7) is 5.14. The van der Waals surface area contributed by atoms with Gasteiger partial charge in [-0.25, -0.2) is 5.26 Å². The molecule has 0 aliphatic carbocycles. The minimum absolute atomic E-state index is 0.195. The number of fused-ring (bicyclic) bond motifs is 1. The second-order valence-corrected chi connectivity index (χ2v) is 9.60. The van der Waals surface area contributed by atoms with E-state index in [1.54, 1.807) is 6.21 Å². The van der Waals surface area contributed by atoms with Gasteiger partial charge in [0, 0.05) is 40.9 Å². The van der Waals surface area contributed by atoms with Gasteiger partial charge in [0.1, 0.15) is 0 Å². The third-order valence-electron chi connectivity index (χ3n) is 5.95. The van der Waals surface area contributed by atoms with Crippen molar-refractivity contribution >= 4 is 35.6 Å². The zero-order chi connectivity index (χ0) is 25.8.